The van der Waals surface area contributed by atoms with Gasteiger partial charge in [0.05, 0.1) is 0 Å². The van der Waals surface area contributed by atoms with Crippen LogP contribution in [0.25, 0.3) is 0 Å². The smallest absolute Gasteiger partial charge is 0.358 e. The molecule has 1 aromatic heterocycles. The van der Waals surface area contributed by atoms with E-state index in [9.17, 15) is 9.59 Å². The van der Waals surface area contributed by atoms with Crippen LogP contribution in [0.5, 0.6) is 0 Å². The van der Waals surface area contributed by atoms with E-state index in [0.29, 0.717) is 12.3 Å². The number of rotatable bonds is 5. The van der Waals surface area contributed by atoms with E-state index in [-0.39, 0.29) is 23.8 Å². The molecule has 6 nitrogen and oxygen atoms in total. The first kappa shape index (κ1) is 12.5. The van der Waals surface area contributed by atoms with Crippen LogP contribution in [0.1, 0.15) is 34.5 Å². The van der Waals surface area contributed by atoms with Crippen LogP contribution in [0.2, 0.25) is 0 Å². The monoisotopic (exact) mass is 245 g/mol. The van der Waals surface area contributed by atoms with Crippen molar-refractivity contribution in [3.8, 4) is 0 Å². The molecule has 1 heterocycles. The van der Waals surface area contributed by atoms with Crippen molar-refractivity contribution < 1.29 is 14.7 Å². The first-order valence-corrected chi connectivity index (χ1v) is 5.26. The van der Waals surface area contributed by atoms with E-state index in [1.165, 1.54) is 0 Å². The zero-order valence-corrected chi connectivity index (χ0v) is 9.28. The fraction of sp³-hybridized carbons (Fsp3) is 0.444. The topological polar surface area (TPSA) is 98.2 Å². The Morgan fingerprint density at radius 3 is 2.69 bits per heavy atom. The maximum Gasteiger partial charge on any atom is 0.358 e. The number of aromatic carboxylic acids is 1. The molecule has 0 aliphatic carbocycles. The Morgan fingerprint density at radius 2 is 2.19 bits per heavy atom. The average molecular weight is 246 g/mol. The zero-order valence-electron chi connectivity index (χ0n) is 8.52. The molecular weight excluding hydrogens is 234 g/mol. The number of halogens is 1. The molecule has 0 atom stereocenters. The van der Waals surface area contributed by atoms with Crippen LogP contribution in [0.4, 0.5) is 5.82 Å². The van der Waals surface area contributed by atoms with Gasteiger partial charge >= 0.3 is 5.97 Å². The van der Waals surface area contributed by atoms with Crippen molar-refractivity contribution in [2.75, 3.05) is 11.6 Å². The minimum atomic E-state index is -1.25. The second-order valence-electron chi connectivity index (χ2n) is 3.19. The van der Waals surface area contributed by atoms with Gasteiger partial charge in [0.25, 0.3) is 0 Å². The van der Waals surface area contributed by atoms with Gasteiger partial charge in [0.15, 0.2) is 5.69 Å². The summed E-state index contributed by atoms with van der Waals surface area (Å²) in [5.74, 6) is -1.16. The van der Waals surface area contributed by atoms with Gasteiger partial charge in [0, 0.05) is 12.3 Å². The van der Waals surface area contributed by atoms with Gasteiger partial charge in [-0.1, -0.05) is 0 Å². The molecule has 0 amide bonds. The normalized spacial score (nSPS) is 10.3. The summed E-state index contributed by atoms with van der Waals surface area (Å²) in [5.41, 5.74) is 5.18. The Bertz CT molecular complexity index is 403. The number of hydrogen-bond acceptors (Lipinski definition) is 4. The number of carbonyl (C=O) groups excluding carboxylic acids is 1. The van der Waals surface area contributed by atoms with Gasteiger partial charge in [0.1, 0.15) is 12.1 Å². The second-order valence-corrected chi connectivity index (χ2v) is 3.57. The van der Waals surface area contributed by atoms with Crippen LogP contribution in [-0.2, 0) is 0 Å². The summed E-state index contributed by atoms with van der Waals surface area (Å²) in [5, 5.41) is 8.69. The first-order chi connectivity index (χ1) is 7.57. The standard InChI is InChI=1S/C9H12ClN3O3/c10-4-2-1-3-6(14)13-5-12-7(8(13)11)9(15)16/h5H,1-4,11H2,(H,15,16). The molecule has 0 aliphatic heterocycles. The molecule has 0 saturated heterocycles. The lowest BCUT2D eigenvalue weighted by molar-refractivity contribution is 0.0692. The number of carbonyl (C=O) groups is 2. The number of nitrogen functional groups attached to an aromatic ring is 1. The number of unbranched alkanes of at least 4 members (excludes halogenated alkanes) is 1. The number of carboxylic acid groups (broad SMARTS) is 1. The maximum absolute atomic E-state index is 11.6. The summed E-state index contributed by atoms with van der Waals surface area (Å²) in [7, 11) is 0. The molecule has 0 radical (unpaired) electrons. The molecule has 0 aliphatic rings. The third-order valence-electron chi connectivity index (χ3n) is 2.05. The molecule has 0 aromatic carbocycles. The quantitative estimate of drug-likeness (QED) is 0.600. The molecule has 1 rings (SSSR count). The molecule has 16 heavy (non-hydrogen) atoms. The lowest BCUT2D eigenvalue weighted by Crippen LogP contribution is -2.13. The van der Waals surface area contributed by atoms with Crippen LogP contribution < -0.4 is 5.73 Å². The predicted octanol–water partition coefficient (Wildman–Crippen LogP) is 1.21. The van der Waals surface area contributed by atoms with E-state index >= 15 is 0 Å². The Hall–Kier alpha value is -1.56. The third kappa shape index (κ3) is 2.73. The average Bonchev–Trinajstić information content (AvgIpc) is 2.60. The number of nitrogens with two attached hydrogens (primary N) is 1. The van der Waals surface area contributed by atoms with Gasteiger partial charge in [-0.05, 0) is 12.8 Å². The third-order valence-corrected chi connectivity index (χ3v) is 2.32. The van der Waals surface area contributed by atoms with Crippen molar-refractivity contribution in [2.45, 2.75) is 19.3 Å². The molecule has 0 saturated carbocycles. The number of imidazole rings is 1. The number of alkyl halides is 1. The molecular formula is C9H12ClN3O3. The van der Waals surface area contributed by atoms with Crippen molar-refractivity contribution in [3.63, 3.8) is 0 Å². The molecule has 1 aromatic rings. The predicted molar refractivity (Wildman–Crippen MR) is 58.8 cm³/mol. The highest BCUT2D eigenvalue weighted by Crippen LogP contribution is 2.11. The van der Waals surface area contributed by atoms with Gasteiger partial charge < -0.3 is 10.8 Å². The van der Waals surface area contributed by atoms with Crippen molar-refractivity contribution >= 4 is 29.3 Å². The van der Waals surface area contributed by atoms with Crippen LogP contribution in [0.3, 0.4) is 0 Å². The Labute approximate surface area is 97.0 Å². The highest BCUT2D eigenvalue weighted by Gasteiger charge is 2.17. The van der Waals surface area contributed by atoms with Crippen molar-refractivity contribution in [1.82, 2.24) is 9.55 Å². The number of anilines is 1. The first-order valence-electron chi connectivity index (χ1n) is 4.73. The van der Waals surface area contributed by atoms with Gasteiger partial charge in [0.2, 0.25) is 5.91 Å². The largest absolute Gasteiger partial charge is 0.476 e. The summed E-state index contributed by atoms with van der Waals surface area (Å²) in [6.45, 7) is 0. The molecule has 0 bridgehead atoms. The fourth-order valence-corrected chi connectivity index (χ4v) is 1.40. The number of nitrogens with zero attached hydrogens (tertiary/aromatic N) is 2. The van der Waals surface area contributed by atoms with Gasteiger partial charge in [-0.25, -0.2) is 9.78 Å². The molecule has 0 fully saturated rings. The van der Waals surface area contributed by atoms with E-state index in [0.717, 1.165) is 17.3 Å². The van der Waals surface area contributed by atoms with E-state index in [1.54, 1.807) is 0 Å². The van der Waals surface area contributed by atoms with Gasteiger partial charge in [-0.2, -0.15) is 0 Å². The number of aromatic nitrogens is 2. The van der Waals surface area contributed by atoms with Crippen molar-refractivity contribution in [2.24, 2.45) is 0 Å². The van der Waals surface area contributed by atoms with Crippen LogP contribution in [-0.4, -0.2) is 32.4 Å². The minimum Gasteiger partial charge on any atom is -0.476 e. The molecule has 88 valence electrons. The van der Waals surface area contributed by atoms with E-state index < -0.39 is 5.97 Å². The summed E-state index contributed by atoms with van der Waals surface area (Å²) in [6.07, 6.45) is 2.77. The highest BCUT2D eigenvalue weighted by molar-refractivity contribution is 6.17. The Kier molecular flexibility index (Phi) is 4.30. The van der Waals surface area contributed by atoms with Crippen LogP contribution in [0.15, 0.2) is 6.33 Å². The summed E-state index contributed by atoms with van der Waals surface area (Å²) in [6, 6.07) is 0. The Morgan fingerprint density at radius 1 is 1.50 bits per heavy atom. The Balaban J connectivity index is 2.73. The number of carboxylic acids is 1. The maximum atomic E-state index is 11.6. The fourth-order valence-electron chi connectivity index (χ4n) is 1.21. The highest BCUT2D eigenvalue weighted by atomic mass is 35.5. The minimum absolute atomic E-state index is 0.136. The van der Waals surface area contributed by atoms with E-state index in [2.05, 4.69) is 4.98 Å². The molecule has 0 spiro atoms. The van der Waals surface area contributed by atoms with Gasteiger partial charge in [-0.15, -0.1) is 11.6 Å². The summed E-state index contributed by atoms with van der Waals surface area (Å²) in [4.78, 5) is 25.8. The lowest BCUT2D eigenvalue weighted by Gasteiger charge is -2.02. The van der Waals surface area contributed by atoms with E-state index in [4.69, 9.17) is 22.4 Å². The molecule has 0 unspecified atom stereocenters. The van der Waals surface area contributed by atoms with Crippen LogP contribution >= 0.6 is 11.6 Å². The second kappa shape index (κ2) is 5.50. The van der Waals surface area contributed by atoms with Crippen molar-refractivity contribution in [1.29, 1.82) is 0 Å². The van der Waals surface area contributed by atoms with Gasteiger partial charge in [-0.3, -0.25) is 9.36 Å². The molecule has 7 heteroatoms. The summed E-state index contributed by atoms with van der Waals surface area (Å²) >= 11 is 5.48. The number of hydrogen-bond donors (Lipinski definition) is 2. The summed E-state index contributed by atoms with van der Waals surface area (Å²) < 4.78 is 1.05. The molecule has 3 N–H and O–H groups in total. The lowest BCUT2D eigenvalue weighted by atomic mass is 10.2. The van der Waals surface area contributed by atoms with Crippen LogP contribution in [0, 0.1) is 0 Å². The van der Waals surface area contributed by atoms with Crippen molar-refractivity contribution in [3.05, 3.63) is 12.0 Å². The zero-order chi connectivity index (χ0) is 12.1. The SMILES string of the molecule is Nc1c(C(=O)O)ncn1C(=O)CCCCCl. The van der Waals surface area contributed by atoms with E-state index in [1.807, 2.05) is 0 Å².